The molecular formula is C16H21N3O4. The van der Waals surface area contributed by atoms with Crippen LogP contribution in [0.15, 0.2) is 24.3 Å². The van der Waals surface area contributed by atoms with Crippen molar-refractivity contribution >= 4 is 23.6 Å². The number of carboxylic acid groups (broad SMARTS) is 1. The molecule has 0 bridgehead atoms. The van der Waals surface area contributed by atoms with Crippen molar-refractivity contribution in [1.82, 2.24) is 10.6 Å². The fourth-order valence-corrected chi connectivity index (χ4v) is 2.02. The van der Waals surface area contributed by atoms with Crippen LogP contribution in [0.4, 0.5) is 10.5 Å². The number of unbranched alkanes of at least 4 members (excludes halogenated alkanes) is 1. The molecule has 2 rings (SSSR count). The monoisotopic (exact) mass is 319 g/mol. The lowest BCUT2D eigenvalue weighted by Crippen LogP contribution is -2.30. The Morgan fingerprint density at radius 3 is 2.65 bits per heavy atom. The number of carbonyl (C=O) groups is 3. The van der Waals surface area contributed by atoms with Crippen LogP contribution in [0.3, 0.4) is 0 Å². The lowest BCUT2D eigenvalue weighted by Gasteiger charge is -2.09. The topological polar surface area (TPSA) is 108 Å². The number of urea groups is 1. The van der Waals surface area contributed by atoms with Gasteiger partial charge in [-0.1, -0.05) is 6.07 Å². The van der Waals surface area contributed by atoms with E-state index in [1.165, 1.54) is 0 Å². The lowest BCUT2D eigenvalue weighted by atomic mass is 10.2. The summed E-state index contributed by atoms with van der Waals surface area (Å²) in [5.74, 6) is -1.08. The second kappa shape index (κ2) is 8.17. The summed E-state index contributed by atoms with van der Waals surface area (Å²) < 4.78 is 0. The van der Waals surface area contributed by atoms with Crippen LogP contribution < -0.4 is 16.0 Å². The van der Waals surface area contributed by atoms with E-state index in [2.05, 4.69) is 16.0 Å². The van der Waals surface area contributed by atoms with E-state index in [0.29, 0.717) is 30.6 Å². The summed E-state index contributed by atoms with van der Waals surface area (Å²) >= 11 is 0. The molecule has 124 valence electrons. The number of carboxylic acids is 1. The number of hydrogen-bond donors (Lipinski definition) is 4. The Kier molecular flexibility index (Phi) is 5.96. The van der Waals surface area contributed by atoms with Crippen molar-refractivity contribution in [2.24, 2.45) is 0 Å². The molecule has 23 heavy (non-hydrogen) atoms. The normalized spacial score (nSPS) is 13.2. The summed E-state index contributed by atoms with van der Waals surface area (Å²) in [6.45, 7) is 0.423. The molecule has 4 N–H and O–H groups in total. The van der Waals surface area contributed by atoms with Gasteiger partial charge in [-0.3, -0.25) is 9.59 Å². The zero-order valence-electron chi connectivity index (χ0n) is 12.8. The maximum Gasteiger partial charge on any atom is 0.319 e. The van der Waals surface area contributed by atoms with Gasteiger partial charge in [0.2, 0.25) is 0 Å². The number of benzene rings is 1. The first-order chi connectivity index (χ1) is 11.0. The maximum atomic E-state index is 12.0. The molecule has 1 fully saturated rings. The van der Waals surface area contributed by atoms with E-state index in [9.17, 15) is 14.4 Å². The van der Waals surface area contributed by atoms with Crippen LogP contribution in [0.1, 0.15) is 42.5 Å². The Hall–Kier alpha value is -2.57. The molecule has 0 unspecified atom stereocenters. The Balaban J connectivity index is 1.77. The Labute approximate surface area is 134 Å². The van der Waals surface area contributed by atoms with Crippen LogP contribution in [0, 0.1) is 0 Å². The average Bonchev–Trinajstić information content (AvgIpc) is 3.30. The van der Waals surface area contributed by atoms with Crippen LogP contribution in [-0.2, 0) is 4.79 Å². The second-order valence-electron chi connectivity index (χ2n) is 5.56. The average molecular weight is 319 g/mol. The largest absolute Gasteiger partial charge is 0.481 e. The van der Waals surface area contributed by atoms with Crippen molar-refractivity contribution in [3.63, 3.8) is 0 Å². The molecule has 0 aliphatic heterocycles. The van der Waals surface area contributed by atoms with Crippen molar-refractivity contribution in [3.8, 4) is 0 Å². The van der Waals surface area contributed by atoms with Crippen LogP contribution in [-0.4, -0.2) is 35.6 Å². The van der Waals surface area contributed by atoms with Gasteiger partial charge in [0.15, 0.2) is 0 Å². The molecule has 3 amide bonds. The summed E-state index contributed by atoms with van der Waals surface area (Å²) in [5.41, 5.74) is 1.01. The van der Waals surface area contributed by atoms with E-state index >= 15 is 0 Å². The van der Waals surface area contributed by atoms with Crippen LogP contribution in [0.25, 0.3) is 0 Å². The third kappa shape index (κ3) is 6.37. The van der Waals surface area contributed by atoms with Gasteiger partial charge in [-0.2, -0.15) is 0 Å². The zero-order valence-corrected chi connectivity index (χ0v) is 12.8. The fourth-order valence-electron chi connectivity index (χ4n) is 2.02. The van der Waals surface area contributed by atoms with Crippen LogP contribution in [0.2, 0.25) is 0 Å². The molecule has 0 aromatic heterocycles. The van der Waals surface area contributed by atoms with Gasteiger partial charge in [-0.25, -0.2) is 4.79 Å². The molecule has 0 spiro atoms. The Morgan fingerprint density at radius 1 is 1.17 bits per heavy atom. The highest BCUT2D eigenvalue weighted by Gasteiger charge is 2.23. The summed E-state index contributed by atoms with van der Waals surface area (Å²) in [4.78, 5) is 34.1. The van der Waals surface area contributed by atoms with Crippen molar-refractivity contribution in [3.05, 3.63) is 29.8 Å². The van der Waals surface area contributed by atoms with Gasteiger partial charge >= 0.3 is 12.0 Å². The third-order valence-corrected chi connectivity index (χ3v) is 3.40. The van der Waals surface area contributed by atoms with Crippen LogP contribution in [0.5, 0.6) is 0 Å². The number of nitrogens with one attached hydrogen (secondary N) is 3. The van der Waals surface area contributed by atoms with E-state index < -0.39 is 5.97 Å². The summed E-state index contributed by atoms with van der Waals surface area (Å²) in [6.07, 6.45) is 3.26. The summed E-state index contributed by atoms with van der Waals surface area (Å²) in [6, 6.07) is 6.70. The van der Waals surface area contributed by atoms with Crippen molar-refractivity contribution in [1.29, 1.82) is 0 Å². The molecular weight excluding hydrogens is 298 g/mol. The minimum Gasteiger partial charge on any atom is -0.481 e. The molecule has 7 nitrogen and oxygen atoms in total. The van der Waals surface area contributed by atoms with Gasteiger partial charge in [0, 0.05) is 30.3 Å². The van der Waals surface area contributed by atoms with E-state index in [1.54, 1.807) is 24.3 Å². The molecule has 1 aliphatic rings. The van der Waals surface area contributed by atoms with Gasteiger partial charge in [0.05, 0.1) is 0 Å². The highest BCUT2D eigenvalue weighted by Crippen LogP contribution is 2.19. The molecule has 1 aromatic carbocycles. The second-order valence-corrected chi connectivity index (χ2v) is 5.56. The predicted molar refractivity (Wildman–Crippen MR) is 85.4 cm³/mol. The molecule has 0 saturated heterocycles. The highest BCUT2D eigenvalue weighted by molar-refractivity contribution is 5.96. The first-order valence-electron chi connectivity index (χ1n) is 7.72. The molecule has 0 atom stereocenters. The van der Waals surface area contributed by atoms with Crippen LogP contribution >= 0.6 is 0 Å². The molecule has 1 saturated carbocycles. The lowest BCUT2D eigenvalue weighted by molar-refractivity contribution is -0.137. The number of hydrogen-bond acceptors (Lipinski definition) is 3. The molecule has 0 radical (unpaired) electrons. The quantitative estimate of drug-likeness (QED) is 0.549. The Bertz CT molecular complexity index is 584. The van der Waals surface area contributed by atoms with Gasteiger partial charge in [-0.05, 0) is 43.9 Å². The molecule has 1 aliphatic carbocycles. The summed E-state index contributed by atoms with van der Waals surface area (Å²) in [5, 5.41) is 16.8. The van der Waals surface area contributed by atoms with Crippen molar-refractivity contribution in [2.75, 3.05) is 11.9 Å². The number of rotatable bonds is 8. The van der Waals surface area contributed by atoms with Crippen molar-refractivity contribution in [2.45, 2.75) is 38.1 Å². The van der Waals surface area contributed by atoms with E-state index in [-0.39, 0.29) is 24.4 Å². The number of anilines is 1. The SMILES string of the molecule is O=C(O)CCCCNC(=O)c1cccc(NC(=O)NC2CC2)c1. The minimum atomic E-state index is -0.834. The van der Waals surface area contributed by atoms with Gasteiger partial charge in [-0.15, -0.1) is 0 Å². The Morgan fingerprint density at radius 2 is 1.96 bits per heavy atom. The highest BCUT2D eigenvalue weighted by atomic mass is 16.4. The fraction of sp³-hybridized carbons (Fsp3) is 0.438. The van der Waals surface area contributed by atoms with E-state index in [1.807, 2.05) is 0 Å². The number of aliphatic carboxylic acids is 1. The summed E-state index contributed by atoms with van der Waals surface area (Å²) in [7, 11) is 0. The number of carbonyl (C=O) groups excluding carboxylic acids is 2. The first kappa shape index (κ1) is 16.8. The van der Waals surface area contributed by atoms with E-state index in [4.69, 9.17) is 5.11 Å². The van der Waals surface area contributed by atoms with Crippen molar-refractivity contribution < 1.29 is 19.5 Å². The maximum absolute atomic E-state index is 12.0. The predicted octanol–water partition coefficient (Wildman–Crippen LogP) is 1.96. The van der Waals surface area contributed by atoms with Gasteiger partial charge in [0.25, 0.3) is 5.91 Å². The number of amides is 3. The minimum absolute atomic E-state index is 0.103. The van der Waals surface area contributed by atoms with Gasteiger partial charge in [0.1, 0.15) is 0 Å². The standard InChI is InChI=1S/C16H21N3O4/c20-14(21)6-1-2-9-17-15(22)11-4-3-5-13(10-11)19-16(23)18-12-7-8-12/h3-5,10,12H,1-2,6-9H2,(H,17,22)(H,20,21)(H2,18,19,23). The first-order valence-corrected chi connectivity index (χ1v) is 7.72. The van der Waals surface area contributed by atoms with E-state index in [0.717, 1.165) is 12.8 Å². The van der Waals surface area contributed by atoms with Gasteiger partial charge < -0.3 is 21.1 Å². The zero-order chi connectivity index (χ0) is 16.7. The molecule has 0 heterocycles. The molecule has 1 aromatic rings. The third-order valence-electron chi connectivity index (χ3n) is 3.40. The smallest absolute Gasteiger partial charge is 0.319 e. The molecule has 7 heteroatoms.